The Morgan fingerprint density at radius 1 is 0.923 bits per heavy atom. The molecule has 2 nitrogen and oxygen atoms in total. The summed E-state index contributed by atoms with van der Waals surface area (Å²) in [5, 5.41) is 2.91. The molecule has 0 heterocycles. The molecule has 1 saturated carbocycles. The van der Waals surface area contributed by atoms with Crippen LogP contribution in [0.3, 0.4) is 0 Å². The maximum Gasteiger partial charge on any atom is 0.261 e. The smallest absolute Gasteiger partial charge is 0.261 e. The Hall–Kier alpha value is -1.91. The van der Waals surface area contributed by atoms with Crippen LogP contribution in [0.15, 0.2) is 72.8 Å². The average Bonchev–Trinajstić information content (AvgIpc) is 3.62. The lowest BCUT2D eigenvalue weighted by atomic mass is 9.98. The molecule has 0 aromatic heterocycles. The van der Waals surface area contributed by atoms with Crippen LogP contribution in [0, 0.1) is 30.1 Å². The SMILES string of the molecule is C#C[C@@H](CC/C=C/[C@H]1C[C@H]1CO[Si](c1ccccc1)(c1ccccc1)C(C)(C)C)[C@@H](C)O[Si](C)(C)C(C)(C)C. The van der Waals surface area contributed by atoms with Crippen molar-refractivity contribution in [3.05, 3.63) is 72.8 Å². The fraction of sp³-hybridized carbons (Fsp3) is 0.543. The van der Waals surface area contributed by atoms with Gasteiger partial charge in [-0.2, -0.15) is 0 Å². The second-order valence-electron chi connectivity index (χ2n) is 14.0. The molecular weight excluding hydrogens is 509 g/mol. The van der Waals surface area contributed by atoms with Crippen molar-refractivity contribution >= 4 is 27.0 Å². The Kier molecular flexibility index (Phi) is 10.3. The Labute approximate surface area is 241 Å². The fourth-order valence-electron chi connectivity index (χ4n) is 5.42. The predicted molar refractivity (Wildman–Crippen MR) is 174 cm³/mol. The molecule has 0 unspecified atom stereocenters. The summed E-state index contributed by atoms with van der Waals surface area (Å²) in [5.74, 6) is 4.36. The Morgan fingerprint density at radius 2 is 1.46 bits per heavy atom. The van der Waals surface area contributed by atoms with Gasteiger partial charge in [0.2, 0.25) is 0 Å². The summed E-state index contributed by atoms with van der Waals surface area (Å²) < 4.78 is 13.7. The Balaban J connectivity index is 1.60. The van der Waals surface area contributed by atoms with Crippen molar-refractivity contribution in [3.63, 3.8) is 0 Å². The number of allylic oxidation sites excluding steroid dienone is 2. The lowest BCUT2D eigenvalue weighted by Crippen LogP contribution is -2.66. The van der Waals surface area contributed by atoms with Crippen LogP contribution in [0.25, 0.3) is 0 Å². The van der Waals surface area contributed by atoms with E-state index in [1.807, 2.05) is 0 Å². The van der Waals surface area contributed by atoms with Gasteiger partial charge in [0.05, 0.1) is 6.10 Å². The zero-order valence-corrected chi connectivity index (χ0v) is 28.0. The summed E-state index contributed by atoms with van der Waals surface area (Å²) in [5.41, 5.74) is 0. The highest BCUT2D eigenvalue weighted by atomic mass is 28.4. The number of rotatable bonds is 12. The van der Waals surface area contributed by atoms with Gasteiger partial charge in [0.25, 0.3) is 8.32 Å². The summed E-state index contributed by atoms with van der Waals surface area (Å²) >= 11 is 0. The quantitative estimate of drug-likeness (QED) is 0.148. The lowest BCUT2D eigenvalue weighted by Gasteiger charge is -2.43. The second-order valence-corrected chi connectivity index (χ2v) is 23.1. The first-order valence-corrected chi connectivity index (χ1v) is 19.6. The summed E-state index contributed by atoms with van der Waals surface area (Å²) in [6.07, 6.45) is 14.0. The molecule has 0 aliphatic heterocycles. The zero-order valence-electron chi connectivity index (χ0n) is 26.0. The largest absolute Gasteiger partial charge is 0.413 e. The van der Waals surface area contributed by atoms with E-state index in [1.165, 1.54) is 16.8 Å². The Morgan fingerprint density at radius 3 is 1.92 bits per heavy atom. The van der Waals surface area contributed by atoms with Crippen LogP contribution in [0.5, 0.6) is 0 Å². The van der Waals surface area contributed by atoms with E-state index in [0.29, 0.717) is 11.8 Å². The number of hydrogen-bond donors (Lipinski definition) is 0. The van der Waals surface area contributed by atoms with Gasteiger partial charge in [0.1, 0.15) is 0 Å². The van der Waals surface area contributed by atoms with Crippen LogP contribution >= 0.6 is 0 Å². The minimum atomic E-state index is -2.46. The molecule has 1 aliphatic carbocycles. The second kappa shape index (κ2) is 12.7. The average molecular weight is 561 g/mol. The van der Waals surface area contributed by atoms with Crippen LogP contribution < -0.4 is 10.4 Å². The van der Waals surface area contributed by atoms with Gasteiger partial charge in [0.15, 0.2) is 8.32 Å². The first-order chi connectivity index (χ1) is 18.2. The van der Waals surface area contributed by atoms with Gasteiger partial charge >= 0.3 is 0 Å². The Bertz CT molecular complexity index is 1060. The van der Waals surface area contributed by atoms with Gasteiger partial charge in [-0.1, -0.05) is 114 Å². The normalized spacial score (nSPS) is 20.0. The molecule has 4 heteroatoms. The molecule has 1 aliphatic rings. The van der Waals surface area contributed by atoms with Gasteiger partial charge in [0, 0.05) is 12.5 Å². The van der Waals surface area contributed by atoms with E-state index in [-0.39, 0.29) is 22.1 Å². The van der Waals surface area contributed by atoms with Crippen molar-refractivity contribution in [1.82, 2.24) is 0 Å². The minimum Gasteiger partial charge on any atom is -0.413 e. The predicted octanol–water partition coefficient (Wildman–Crippen LogP) is 8.20. The van der Waals surface area contributed by atoms with Crippen LogP contribution in [0.4, 0.5) is 0 Å². The third-order valence-corrected chi connectivity index (χ3v) is 18.6. The standard InChI is InChI=1S/C35H52O2Si2/c1-11-29(28(2)37-38(9,10)34(3,4)5)20-18-19-21-30-26-31(30)27-36-39(35(6,7)8,32-22-14-12-15-23-32)33-24-16-13-17-25-33/h1,12-17,19,21-25,28-31H,18,20,26-27H2,2-10H3/b21-19+/t28-,29+,30+,31+/m1/s1. The molecule has 212 valence electrons. The maximum absolute atomic E-state index is 7.15. The van der Waals surface area contributed by atoms with Gasteiger partial charge in [-0.05, 0) is 71.6 Å². The van der Waals surface area contributed by atoms with E-state index in [4.69, 9.17) is 15.3 Å². The zero-order chi connectivity index (χ0) is 28.9. The molecular formula is C35H52O2Si2. The summed E-state index contributed by atoms with van der Waals surface area (Å²) in [7, 11) is -4.29. The molecule has 0 amide bonds. The topological polar surface area (TPSA) is 18.5 Å². The van der Waals surface area contributed by atoms with Gasteiger partial charge < -0.3 is 8.85 Å². The molecule has 1 fully saturated rings. The molecule has 4 atom stereocenters. The molecule has 0 spiro atoms. The van der Waals surface area contributed by atoms with E-state index < -0.39 is 16.6 Å². The van der Waals surface area contributed by atoms with E-state index in [0.717, 1.165) is 19.4 Å². The molecule has 2 aromatic carbocycles. The molecule has 0 saturated heterocycles. The molecule has 3 rings (SSSR count). The highest BCUT2D eigenvalue weighted by molar-refractivity contribution is 6.99. The first-order valence-electron chi connectivity index (χ1n) is 14.8. The van der Waals surface area contributed by atoms with E-state index in [1.54, 1.807) is 0 Å². The van der Waals surface area contributed by atoms with Gasteiger partial charge in [-0.15, -0.1) is 12.3 Å². The van der Waals surface area contributed by atoms with Gasteiger partial charge in [-0.25, -0.2) is 0 Å². The first kappa shape index (κ1) is 31.6. The van der Waals surface area contributed by atoms with Crippen LogP contribution in [-0.4, -0.2) is 29.3 Å². The van der Waals surface area contributed by atoms with E-state index >= 15 is 0 Å². The summed E-state index contributed by atoms with van der Waals surface area (Å²) in [6.45, 7) is 21.5. The third-order valence-electron chi connectivity index (χ3n) is 9.00. The van der Waals surface area contributed by atoms with Gasteiger partial charge in [-0.3, -0.25) is 0 Å². The van der Waals surface area contributed by atoms with Crippen molar-refractivity contribution in [2.24, 2.45) is 17.8 Å². The van der Waals surface area contributed by atoms with Crippen LogP contribution in [0.1, 0.15) is 67.7 Å². The lowest BCUT2D eigenvalue weighted by molar-refractivity contribution is 0.156. The van der Waals surface area contributed by atoms with Crippen LogP contribution in [-0.2, 0) is 8.85 Å². The monoisotopic (exact) mass is 560 g/mol. The highest BCUT2D eigenvalue weighted by Gasteiger charge is 2.51. The van der Waals surface area contributed by atoms with Crippen molar-refractivity contribution in [2.75, 3.05) is 6.61 Å². The van der Waals surface area contributed by atoms with E-state index in [9.17, 15) is 0 Å². The van der Waals surface area contributed by atoms with Crippen molar-refractivity contribution < 1.29 is 8.85 Å². The molecule has 2 aromatic rings. The van der Waals surface area contributed by atoms with Crippen molar-refractivity contribution in [2.45, 2.75) is 97.0 Å². The molecule has 39 heavy (non-hydrogen) atoms. The van der Waals surface area contributed by atoms with Crippen molar-refractivity contribution in [1.29, 1.82) is 0 Å². The third kappa shape index (κ3) is 7.64. The molecule has 0 N–H and O–H groups in total. The molecule has 0 bridgehead atoms. The number of benzene rings is 2. The maximum atomic E-state index is 7.15. The fourth-order valence-corrected chi connectivity index (χ4v) is 11.5. The highest BCUT2D eigenvalue weighted by Crippen LogP contribution is 2.43. The summed E-state index contributed by atoms with van der Waals surface area (Å²) in [4.78, 5) is 0. The number of hydrogen-bond acceptors (Lipinski definition) is 2. The minimum absolute atomic E-state index is 0.0172. The molecule has 0 radical (unpaired) electrons. The van der Waals surface area contributed by atoms with Crippen molar-refractivity contribution in [3.8, 4) is 12.3 Å². The number of terminal acetylenes is 1. The summed E-state index contributed by atoms with van der Waals surface area (Å²) in [6, 6.07) is 21.9. The van der Waals surface area contributed by atoms with E-state index in [2.05, 4.69) is 140 Å². The van der Waals surface area contributed by atoms with Crippen LogP contribution in [0.2, 0.25) is 23.2 Å².